The van der Waals surface area contributed by atoms with Crippen LogP contribution in [0.5, 0.6) is 0 Å². The van der Waals surface area contributed by atoms with Gasteiger partial charge in [-0.3, -0.25) is 14.5 Å². The molecule has 6 nitrogen and oxygen atoms in total. The number of halogens is 1. The third-order valence-corrected chi connectivity index (χ3v) is 3.54. The highest BCUT2D eigenvalue weighted by atomic mass is 35.5. The van der Waals surface area contributed by atoms with Crippen LogP contribution in [0.2, 0.25) is 5.22 Å². The zero-order chi connectivity index (χ0) is 14.5. The van der Waals surface area contributed by atoms with Gasteiger partial charge < -0.3 is 14.6 Å². The highest BCUT2D eigenvalue weighted by Crippen LogP contribution is 2.19. The molecule has 1 fully saturated rings. The maximum absolute atomic E-state index is 12.2. The van der Waals surface area contributed by atoms with Gasteiger partial charge in [-0.15, -0.1) is 0 Å². The molecule has 0 radical (unpaired) electrons. The van der Waals surface area contributed by atoms with Gasteiger partial charge in [0.2, 0.25) is 11.1 Å². The van der Waals surface area contributed by atoms with E-state index in [0.717, 1.165) is 0 Å². The van der Waals surface area contributed by atoms with Crippen molar-refractivity contribution in [2.75, 3.05) is 39.3 Å². The number of rotatable bonds is 4. The van der Waals surface area contributed by atoms with Crippen LogP contribution in [0.25, 0.3) is 0 Å². The Bertz CT molecular complexity index is 481. The van der Waals surface area contributed by atoms with Gasteiger partial charge in [0.05, 0.1) is 18.4 Å². The molecular weight excluding hydrogens is 282 g/mol. The summed E-state index contributed by atoms with van der Waals surface area (Å²) in [4.78, 5) is 27.5. The molecule has 20 heavy (non-hydrogen) atoms. The number of piperazine rings is 1. The van der Waals surface area contributed by atoms with Crippen molar-refractivity contribution in [3.05, 3.63) is 23.1 Å². The lowest BCUT2D eigenvalue weighted by Gasteiger charge is -2.34. The highest BCUT2D eigenvalue weighted by molar-refractivity contribution is 6.32. The molecular formula is C13H18ClN3O3. The summed E-state index contributed by atoms with van der Waals surface area (Å²) < 4.78 is 4.93. The number of hydrogen-bond acceptors (Lipinski definition) is 4. The minimum atomic E-state index is -0.124. The first-order valence-electron chi connectivity index (χ1n) is 6.63. The van der Waals surface area contributed by atoms with E-state index in [1.54, 1.807) is 11.0 Å². The summed E-state index contributed by atoms with van der Waals surface area (Å²) >= 11 is 5.81. The normalized spacial score (nSPS) is 16.2. The van der Waals surface area contributed by atoms with Gasteiger partial charge in [-0.05, 0) is 24.6 Å². The van der Waals surface area contributed by atoms with Crippen molar-refractivity contribution in [3.8, 4) is 0 Å². The summed E-state index contributed by atoms with van der Waals surface area (Å²) in [5, 5.41) is 2.89. The van der Waals surface area contributed by atoms with Crippen LogP contribution >= 0.6 is 11.6 Å². The first-order chi connectivity index (χ1) is 9.61. The predicted molar refractivity (Wildman–Crippen MR) is 74.7 cm³/mol. The topological polar surface area (TPSA) is 65.8 Å². The first-order valence-corrected chi connectivity index (χ1v) is 7.01. The number of hydrogen-bond donors (Lipinski definition) is 1. The Morgan fingerprint density at radius 2 is 2.05 bits per heavy atom. The van der Waals surface area contributed by atoms with Crippen LogP contribution in [0.1, 0.15) is 17.3 Å². The fourth-order valence-electron chi connectivity index (χ4n) is 2.18. The zero-order valence-electron chi connectivity index (χ0n) is 11.4. The van der Waals surface area contributed by atoms with Crippen molar-refractivity contribution in [1.29, 1.82) is 0 Å². The molecule has 0 unspecified atom stereocenters. The highest BCUT2D eigenvalue weighted by Gasteiger charge is 2.25. The summed E-state index contributed by atoms with van der Waals surface area (Å²) in [5.74, 6) is -0.105. The maximum Gasteiger partial charge on any atom is 0.258 e. The van der Waals surface area contributed by atoms with Gasteiger partial charge >= 0.3 is 0 Å². The number of amides is 2. The molecule has 0 aromatic carbocycles. The minimum absolute atomic E-state index is 0.0187. The molecule has 0 spiro atoms. The lowest BCUT2D eigenvalue weighted by Crippen LogP contribution is -2.51. The summed E-state index contributed by atoms with van der Waals surface area (Å²) in [6.07, 6.45) is 1.40. The standard InChI is InChI=1S/C13H18ClN3O3/c1-2-15-11(18)9-16-4-6-17(7-5-16)13(19)10-3-8-20-12(10)14/h3,8H,2,4-7,9H2,1H3,(H,15,18). The molecule has 1 aromatic rings. The number of nitrogens with one attached hydrogen (secondary N) is 1. The molecule has 0 saturated carbocycles. The average molecular weight is 300 g/mol. The third-order valence-electron chi connectivity index (χ3n) is 3.25. The molecule has 1 aliphatic heterocycles. The van der Waals surface area contributed by atoms with E-state index in [1.165, 1.54) is 6.26 Å². The monoisotopic (exact) mass is 299 g/mol. The van der Waals surface area contributed by atoms with Crippen LogP contribution in [-0.2, 0) is 4.79 Å². The van der Waals surface area contributed by atoms with Gasteiger partial charge in [-0.25, -0.2) is 0 Å². The molecule has 0 aliphatic carbocycles. The van der Waals surface area contributed by atoms with Crippen molar-refractivity contribution in [2.24, 2.45) is 0 Å². The Morgan fingerprint density at radius 1 is 1.35 bits per heavy atom. The second kappa shape index (κ2) is 6.76. The quantitative estimate of drug-likeness (QED) is 0.894. The van der Waals surface area contributed by atoms with Crippen LogP contribution < -0.4 is 5.32 Å². The minimum Gasteiger partial charge on any atom is -0.452 e. The molecule has 1 aromatic heterocycles. The SMILES string of the molecule is CCNC(=O)CN1CCN(C(=O)c2ccoc2Cl)CC1. The van der Waals surface area contributed by atoms with Crippen molar-refractivity contribution in [3.63, 3.8) is 0 Å². The second-order valence-electron chi connectivity index (χ2n) is 4.63. The van der Waals surface area contributed by atoms with Gasteiger partial charge in [0, 0.05) is 32.7 Å². The van der Waals surface area contributed by atoms with Crippen LogP contribution in [0, 0.1) is 0 Å². The molecule has 110 valence electrons. The fourth-order valence-corrected chi connectivity index (χ4v) is 2.38. The van der Waals surface area contributed by atoms with E-state index in [9.17, 15) is 9.59 Å². The summed E-state index contributed by atoms with van der Waals surface area (Å²) in [7, 11) is 0. The summed E-state index contributed by atoms with van der Waals surface area (Å²) in [6, 6.07) is 1.58. The molecule has 0 atom stereocenters. The zero-order valence-corrected chi connectivity index (χ0v) is 12.2. The van der Waals surface area contributed by atoms with Crippen molar-refractivity contribution < 1.29 is 14.0 Å². The molecule has 0 bridgehead atoms. The lowest BCUT2D eigenvalue weighted by atomic mass is 10.2. The fraction of sp³-hybridized carbons (Fsp3) is 0.538. The number of carbonyl (C=O) groups is 2. The van der Waals surface area contributed by atoms with E-state index in [2.05, 4.69) is 5.32 Å². The van der Waals surface area contributed by atoms with Gasteiger partial charge in [-0.2, -0.15) is 0 Å². The molecule has 2 rings (SSSR count). The average Bonchev–Trinajstić information content (AvgIpc) is 2.85. The van der Waals surface area contributed by atoms with Gasteiger partial charge in [-0.1, -0.05) is 0 Å². The lowest BCUT2D eigenvalue weighted by molar-refractivity contribution is -0.122. The Morgan fingerprint density at radius 3 is 2.60 bits per heavy atom. The number of furan rings is 1. The van der Waals surface area contributed by atoms with Gasteiger partial charge in [0.25, 0.3) is 5.91 Å². The molecule has 1 N–H and O–H groups in total. The van der Waals surface area contributed by atoms with E-state index in [-0.39, 0.29) is 17.0 Å². The third kappa shape index (κ3) is 3.52. The van der Waals surface area contributed by atoms with E-state index in [0.29, 0.717) is 44.8 Å². The Balaban J connectivity index is 1.84. The molecule has 2 amide bonds. The molecule has 1 aliphatic rings. The van der Waals surface area contributed by atoms with Crippen molar-refractivity contribution in [2.45, 2.75) is 6.92 Å². The Hall–Kier alpha value is -1.53. The van der Waals surface area contributed by atoms with E-state index in [1.807, 2.05) is 11.8 Å². The molecule has 1 saturated heterocycles. The first kappa shape index (κ1) is 14.9. The van der Waals surface area contributed by atoms with Crippen LogP contribution in [0.15, 0.2) is 16.7 Å². The van der Waals surface area contributed by atoms with Crippen LogP contribution in [-0.4, -0.2) is 60.9 Å². The van der Waals surface area contributed by atoms with E-state index in [4.69, 9.17) is 16.0 Å². The van der Waals surface area contributed by atoms with Gasteiger partial charge in [0.15, 0.2) is 0 Å². The molecule has 2 heterocycles. The number of carbonyl (C=O) groups excluding carboxylic acids is 2. The van der Waals surface area contributed by atoms with Crippen LogP contribution in [0.3, 0.4) is 0 Å². The molecule has 7 heteroatoms. The van der Waals surface area contributed by atoms with Gasteiger partial charge in [0.1, 0.15) is 0 Å². The summed E-state index contributed by atoms with van der Waals surface area (Å²) in [6.45, 7) is 5.43. The predicted octanol–water partition coefficient (Wildman–Crippen LogP) is 0.827. The number of likely N-dealkylation sites (N-methyl/N-ethyl adjacent to an activating group) is 1. The smallest absolute Gasteiger partial charge is 0.258 e. The summed E-state index contributed by atoms with van der Waals surface area (Å²) in [5.41, 5.74) is 0.392. The second-order valence-corrected chi connectivity index (χ2v) is 4.97. The van der Waals surface area contributed by atoms with Crippen LogP contribution in [0.4, 0.5) is 0 Å². The maximum atomic E-state index is 12.2. The number of nitrogens with zero attached hydrogens (tertiary/aromatic N) is 2. The van der Waals surface area contributed by atoms with Crippen molar-refractivity contribution >= 4 is 23.4 Å². The van der Waals surface area contributed by atoms with Crippen molar-refractivity contribution in [1.82, 2.24) is 15.1 Å². The Kier molecular flexibility index (Phi) is 5.03. The van der Waals surface area contributed by atoms with E-state index >= 15 is 0 Å². The Labute approximate surface area is 122 Å². The largest absolute Gasteiger partial charge is 0.452 e. The van der Waals surface area contributed by atoms with E-state index < -0.39 is 0 Å².